The lowest BCUT2D eigenvalue weighted by Gasteiger charge is -2.38. The highest BCUT2D eigenvalue weighted by molar-refractivity contribution is 7.57. The Kier molecular flexibility index (Phi) is 8.32. The number of hydrogen-bond acceptors (Lipinski definition) is 5. The summed E-state index contributed by atoms with van der Waals surface area (Å²) in [4.78, 5) is 14.3. The van der Waals surface area contributed by atoms with Crippen LogP contribution in [0.1, 0.15) is 77.3 Å². The predicted octanol–water partition coefficient (Wildman–Crippen LogP) is 5.27. The van der Waals surface area contributed by atoms with E-state index in [1.807, 2.05) is 30.9 Å². The largest absolute Gasteiger partial charge is 0.480 e. The molecule has 1 saturated heterocycles. The molecule has 0 spiro atoms. The fraction of sp³-hybridized carbons (Fsp3) is 0.720. The lowest BCUT2D eigenvalue weighted by atomic mass is 9.90. The Hall–Kier alpha value is -1.40. The first-order valence-electron chi connectivity index (χ1n) is 12.2. The highest BCUT2D eigenvalue weighted by Gasteiger charge is 2.45. The Morgan fingerprint density at radius 1 is 1.21 bits per heavy atom. The molecule has 2 fully saturated rings. The standard InChI is InChI=1S/C25H41N2O5P/c1-17(2)21-8-7-9-22(19(5)20-10-11-20)23(21)32-33(30,16-27-12-14-31-15-13-27)26-25(6,18(3)4)24(28)29/h7-9,17-20H,10-16H2,1-6H3,(H,26,30)(H,28,29)/t19-,25?,33?/m1/s1. The number of para-hydroxylation sites is 1. The van der Waals surface area contributed by atoms with Crippen LogP contribution < -0.4 is 9.61 Å². The van der Waals surface area contributed by atoms with Crippen LogP contribution in [-0.4, -0.2) is 54.1 Å². The second-order valence-electron chi connectivity index (χ2n) is 10.5. The van der Waals surface area contributed by atoms with Gasteiger partial charge in [-0.25, -0.2) is 5.09 Å². The van der Waals surface area contributed by atoms with Gasteiger partial charge in [-0.05, 0) is 54.6 Å². The number of rotatable bonds is 11. The third-order valence-electron chi connectivity index (χ3n) is 7.25. The summed E-state index contributed by atoms with van der Waals surface area (Å²) in [6.07, 6.45) is 2.52. The van der Waals surface area contributed by atoms with Crippen LogP contribution in [0.25, 0.3) is 0 Å². The summed E-state index contributed by atoms with van der Waals surface area (Å²) in [5, 5.41) is 13.1. The molecule has 186 valence electrons. The number of benzene rings is 1. The Balaban J connectivity index is 2.04. The quantitative estimate of drug-likeness (QED) is 0.417. The van der Waals surface area contributed by atoms with E-state index in [2.05, 4.69) is 31.9 Å². The number of nitrogens with one attached hydrogen (secondary N) is 1. The van der Waals surface area contributed by atoms with E-state index in [0.29, 0.717) is 43.9 Å². The average molecular weight is 481 g/mol. The normalized spacial score (nSPS) is 22.1. The minimum atomic E-state index is -3.64. The molecule has 33 heavy (non-hydrogen) atoms. The maximum atomic E-state index is 14.5. The lowest BCUT2D eigenvalue weighted by Crippen LogP contribution is -2.53. The fourth-order valence-electron chi connectivity index (χ4n) is 4.36. The van der Waals surface area contributed by atoms with Crippen LogP contribution in [0, 0.1) is 11.8 Å². The minimum absolute atomic E-state index is 0.135. The SMILES string of the molecule is CC(C)c1cccc([C@H](C)C2CC2)c1OP(=O)(CN1CCOCC1)NC(C)(C(=O)O)C(C)C. The van der Waals surface area contributed by atoms with Crippen molar-refractivity contribution in [1.82, 2.24) is 9.99 Å². The second-order valence-corrected chi connectivity index (χ2v) is 12.5. The van der Waals surface area contributed by atoms with Crippen LogP contribution >= 0.6 is 7.52 Å². The number of morpholine rings is 1. The molecular formula is C25H41N2O5P. The molecule has 1 aliphatic heterocycles. The zero-order chi connectivity index (χ0) is 24.4. The summed E-state index contributed by atoms with van der Waals surface area (Å²) in [6, 6.07) is 6.15. The van der Waals surface area contributed by atoms with Crippen molar-refractivity contribution in [3.05, 3.63) is 29.3 Å². The number of carbonyl (C=O) groups is 1. The van der Waals surface area contributed by atoms with Crippen LogP contribution in [0.5, 0.6) is 5.75 Å². The van der Waals surface area contributed by atoms with E-state index in [1.165, 1.54) is 12.8 Å². The van der Waals surface area contributed by atoms with Gasteiger partial charge in [-0.2, -0.15) is 0 Å². The zero-order valence-electron chi connectivity index (χ0n) is 21.0. The van der Waals surface area contributed by atoms with Crippen molar-refractivity contribution >= 4 is 13.5 Å². The molecule has 8 heteroatoms. The Bertz CT molecular complexity index is 880. The van der Waals surface area contributed by atoms with Crippen molar-refractivity contribution in [3.8, 4) is 5.75 Å². The molecule has 1 aromatic rings. The molecule has 7 nitrogen and oxygen atoms in total. The maximum absolute atomic E-state index is 14.5. The first kappa shape index (κ1) is 26.2. The van der Waals surface area contributed by atoms with Crippen LogP contribution in [-0.2, 0) is 14.1 Å². The van der Waals surface area contributed by atoms with E-state index in [4.69, 9.17) is 9.26 Å². The molecule has 1 aromatic carbocycles. The highest BCUT2D eigenvalue weighted by Crippen LogP contribution is 2.53. The summed E-state index contributed by atoms with van der Waals surface area (Å²) in [7, 11) is -3.64. The molecule has 0 bridgehead atoms. The number of ether oxygens (including phenoxy) is 1. The van der Waals surface area contributed by atoms with Crippen molar-refractivity contribution < 1.29 is 23.7 Å². The van der Waals surface area contributed by atoms with Crippen LogP contribution in [0.4, 0.5) is 0 Å². The van der Waals surface area contributed by atoms with Gasteiger partial charge in [-0.3, -0.25) is 14.3 Å². The van der Waals surface area contributed by atoms with Gasteiger partial charge in [0.25, 0.3) is 0 Å². The molecule has 0 radical (unpaired) electrons. The van der Waals surface area contributed by atoms with Gasteiger partial charge in [0.2, 0.25) is 0 Å². The van der Waals surface area contributed by atoms with E-state index in [-0.39, 0.29) is 18.1 Å². The van der Waals surface area contributed by atoms with Crippen molar-refractivity contribution in [2.45, 2.75) is 71.8 Å². The second kappa shape index (κ2) is 10.5. The maximum Gasteiger partial charge on any atom is 0.331 e. The van der Waals surface area contributed by atoms with Crippen LogP contribution in [0.3, 0.4) is 0 Å². The summed E-state index contributed by atoms with van der Waals surface area (Å²) in [5.74, 6) is 0.424. The minimum Gasteiger partial charge on any atom is -0.480 e. The van der Waals surface area contributed by atoms with Crippen molar-refractivity contribution in [2.75, 3.05) is 32.6 Å². The molecule has 2 N–H and O–H groups in total. The van der Waals surface area contributed by atoms with Gasteiger partial charge in [-0.1, -0.05) is 52.8 Å². The van der Waals surface area contributed by atoms with Gasteiger partial charge in [0.1, 0.15) is 17.6 Å². The molecule has 1 saturated carbocycles. The molecular weight excluding hydrogens is 439 g/mol. The molecule has 1 heterocycles. The highest BCUT2D eigenvalue weighted by atomic mass is 31.2. The smallest absolute Gasteiger partial charge is 0.331 e. The van der Waals surface area contributed by atoms with Gasteiger partial charge in [0, 0.05) is 13.1 Å². The van der Waals surface area contributed by atoms with Gasteiger partial charge in [0.15, 0.2) is 0 Å². The number of nitrogens with zero attached hydrogens (tertiary/aromatic N) is 1. The molecule has 3 rings (SSSR count). The average Bonchev–Trinajstić information content (AvgIpc) is 3.58. The molecule has 3 atom stereocenters. The lowest BCUT2D eigenvalue weighted by molar-refractivity contribution is -0.145. The summed E-state index contributed by atoms with van der Waals surface area (Å²) < 4.78 is 26.5. The van der Waals surface area contributed by atoms with Crippen molar-refractivity contribution in [3.63, 3.8) is 0 Å². The third-order valence-corrected chi connectivity index (χ3v) is 9.30. The van der Waals surface area contributed by atoms with Crippen molar-refractivity contribution in [2.24, 2.45) is 11.8 Å². The molecule has 0 amide bonds. The monoisotopic (exact) mass is 480 g/mol. The molecule has 2 aliphatic rings. The number of carboxylic acids is 1. The summed E-state index contributed by atoms with van der Waals surface area (Å²) >= 11 is 0. The zero-order valence-corrected chi connectivity index (χ0v) is 21.9. The van der Waals surface area contributed by atoms with E-state index < -0.39 is 19.0 Å². The fourth-order valence-corrected chi connectivity index (χ4v) is 6.91. The summed E-state index contributed by atoms with van der Waals surface area (Å²) in [5.41, 5.74) is 0.677. The molecule has 2 unspecified atom stereocenters. The Morgan fingerprint density at radius 2 is 1.82 bits per heavy atom. The number of hydrogen-bond donors (Lipinski definition) is 2. The Labute approximate surface area is 198 Å². The first-order chi connectivity index (χ1) is 15.5. The predicted molar refractivity (Wildman–Crippen MR) is 131 cm³/mol. The third kappa shape index (κ3) is 6.19. The van der Waals surface area contributed by atoms with E-state index in [9.17, 15) is 14.5 Å². The van der Waals surface area contributed by atoms with Gasteiger partial charge in [0.05, 0.1) is 13.2 Å². The van der Waals surface area contributed by atoms with E-state index in [1.54, 1.807) is 6.92 Å². The summed E-state index contributed by atoms with van der Waals surface area (Å²) in [6.45, 7) is 14.0. The first-order valence-corrected chi connectivity index (χ1v) is 14.0. The van der Waals surface area contributed by atoms with Crippen molar-refractivity contribution in [1.29, 1.82) is 0 Å². The van der Waals surface area contributed by atoms with E-state index in [0.717, 1.165) is 11.1 Å². The topological polar surface area (TPSA) is 88.1 Å². The molecule has 1 aliphatic carbocycles. The van der Waals surface area contributed by atoms with Gasteiger partial charge in [-0.15, -0.1) is 0 Å². The Morgan fingerprint density at radius 3 is 2.33 bits per heavy atom. The van der Waals surface area contributed by atoms with Crippen LogP contribution in [0.15, 0.2) is 18.2 Å². The van der Waals surface area contributed by atoms with Gasteiger partial charge < -0.3 is 14.4 Å². The number of carboxylic acid groups (broad SMARTS) is 1. The molecule has 0 aromatic heterocycles. The van der Waals surface area contributed by atoms with E-state index >= 15 is 0 Å². The van der Waals surface area contributed by atoms with Crippen LogP contribution in [0.2, 0.25) is 0 Å². The number of aliphatic carboxylic acids is 1. The van der Waals surface area contributed by atoms with Gasteiger partial charge >= 0.3 is 13.5 Å².